The van der Waals surface area contributed by atoms with Gasteiger partial charge in [-0.1, -0.05) is 6.42 Å². The van der Waals surface area contributed by atoms with Crippen LogP contribution in [0, 0.1) is 0 Å². The highest BCUT2D eigenvalue weighted by molar-refractivity contribution is 4.81. The van der Waals surface area contributed by atoms with Crippen molar-refractivity contribution in [2.75, 3.05) is 6.54 Å². The van der Waals surface area contributed by atoms with Gasteiger partial charge in [-0.25, -0.2) is 0 Å². The van der Waals surface area contributed by atoms with Gasteiger partial charge in [0.25, 0.3) is 0 Å². The number of rotatable bonds is 2. The normalized spacial score (nSPS) is 35.0. The van der Waals surface area contributed by atoms with Crippen molar-refractivity contribution in [3.05, 3.63) is 0 Å². The van der Waals surface area contributed by atoms with E-state index < -0.39 is 0 Å². The van der Waals surface area contributed by atoms with Crippen molar-refractivity contribution < 1.29 is 0 Å². The Labute approximate surface area is 76.1 Å². The number of nitrogens with zero attached hydrogens (tertiary/aromatic N) is 1. The molecule has 0 amide bonds. The number of hydrogen-bond donors (Lipinski definition) is 1. The van der Waals surface area contributed by atoms with Gasteiger partial charge in [-0.2, -0.15) is 0 Å². The summed E-state index contributed by atoms with van der Waals surface area (Å²) in [6, 6.07) is 1.78. The molecule has 72 valence electrons. The molecule has 1 aliphatic rings. The summed E-state index contributed by atoms with van der Waals surface area (Å²) in [5, 5.41) is 0. The average Bonchev–Trinajstić information content (AvgIpc) is 1.97. The molecule has 1 heterocycles. The van der Waals surface area contributed by atoms with E-state index in [-0.39, 0.29) is 0 Å². The highest BCUT2D eigenvalue weighted by atomic mass is 15.2. The first-order valence-electron chi connectivity index (χ1n) is 5.12. The molecule has 12 heavy (non-hydrogen) atoms. The van der Waals surface area contributed by atoms with Gasteiger partial charge in [0.15, 0.2) is 0 Å². The standard InChI is InChI=1S/C10H22N2/c1-8(11)7-12-9(2)5-4-6-10(12)3/h8-10H,4-7,11H2,1-3H3/t8-,9?,10?/m0/s1. The molecule has 0 bridgehead atoms. The fourth-order valence-electron chi connectivity index (χ4n) is 2.17. The summed E-state index contributed by atoms with van der Waals surface area (Å²) >= 11 is 0. The molecule has 0 radical (unpaired) electrons. The van der Waals surface area contributed by atoms with Crippen molar-refractivity contribution in [1.29, 1.82) is 0 Å². The summed E-state index contributed by atoms with van der Waals surface area (Å²) in [5.41, 5.74) is 5.81. The summed E-state index contributed by atoms with van der Waals surface area (Å²) in [7, 11) is 0. The van der Waals surface area contributed by atoms with E-state index in [4.69, 9.17) is 5.73 Å². The number of likely N-dealkylation sites (tertiary alicyclic amines) is 1. The summed E-state index contributed by atoms with van der Waals surface area (Å²) in [6.07, 6.45) is 4.08. The molecule has 2 nitrogen and oxygen atoms in total. The van der Waals surface area contributed by atoms with Crippen molar-refractivity contribution in [2.24, 2.45) is 5.73 Å². The lowest BCUT2D eigenvalue weighted by Gasteiger charge is -2.39. The summed E-state index contributed by atoms with van der Waals surface area (Å²) in [4.78, 5) is 2.55. The van der Waals surface area contributed by atoms with Crippen molar-refractivity contribution >= 4 is 0 Å². The first-order valence-corrected chi connectivity index (χ1v) is 5.12. The van der Waals surface area contributed by atoms with E-state index >= 15 is 0 Å². The van der Waals surface area contributed by atoms with Crippen molar-refractivity contribution in [2.45, 2.75) is 58.2 Å². The first-order chi connectivity index (χ1) is 5.61. The lowest BCUT2D eigenvalue weighted by molar-refractivity contribution is 0.0981. The molecule has 2 unspecified atom stereocenters. The number of piperidine rings is 1. The third kappa shape index (κ3) is 2.46. The van der Waals surface area contributed by atoms with E-state index in [2.05, 4.69) is 25.7 Å². The maximum atomic E-state index is 5.81. The third-order valence-corrected chi connectivity index (χ3v) is 2.87. The zero-order chi connectivity index (χ0) is 9.14. The topological polar surface area (TPSA) is 29.3 Å². The molecule has 0 aromatic heterocycles. The van der Waals surface area contributed by atoms with E-state index in [1.165, 1.54) is 19.3 Å². The van der Waals surface area contributed by atoms with Gasteiger partial charge in [0.05, 0.1) is 0 Å². The van der Waals surface area contributed by atoms with Crippen LogP contribution in [0.15, 0.2) is 0 Å². The molecule has 3 atom stereocenters. The minimum absolute atomic E-state index is 0.313. The smallest absolute Gasteiger partial charge is 0.0139 e. The number of hydrogen-bond acceptors (Lipinski definition) is 2. The molecule has 1 aliphatic heterocycles. The van der Waals surface area contributed by atoms with Crippen LogP contribution in [0.3, 0.4) is 0 Å². The minimum Gasteiger partial charge on any atom is -0.327 e. The van der Waals surface area contributed by atoms with E-state index in [0.717, 1.165) is 18.6 Å². The molecule has 1 rings (SSSR count). The van der Waals surface area contributed by atoms with Crippen LogP contribution >= 0.6 is 0 Å². The maximum absolute atomic E-state index is 5.81. The molecule has 2 N–H and O–H groups in total. The van der Waals surface area contributed by atoms with E-state index in [1.807, 2.05) is 0 Å². The Hall–Kier alpha value is -0.0800. The monoisotopic (exact) mass is 170 g/mol. The van der Waals surface area contributed by atoms with Crippen LogP contribution in [0.25, 0.3) is 0 Å². The van der Waals surface area contributed by atoms with Gasteiger partial charge in [-0.3, -0.25) is 4.90 Å². The van der Waals surface area contributed by atoms with Crippen LogP contribution < -0.4 is 5.73 Å². The Kier molecular flexibility index (Phi) is 3.53. The molecule has 1 fully saturated rings. The maximum Gasteiger partial charge on any atom is 0.0139 e. The van der Waals surface area contributed by atoms with E-state index in [9.17, 15) is 0 Å². The molecule has 0 aliphatic carbocycles. The lowest BCUT2D eigenvalue weighted by atomic mass is 9.97. The second-order valence-electron chi connectivity index (χ2n) is 4.30. The summed E-state index contributed by atoms with van der Waals surface area (Å²) in [6.45, 7) is 7.78. The average molecular weight is 170 g/mol. The zero-order valence-electron chi connectivity index (χ0n) is 8.59. The SMILES string of the molecule is CC1CCCC(C)N1C[C@H](C)N. The van der Waals surface area contributed by atoms with Gasteiger partial charge in [0.1, 0.15) is 0 Å². The molecular weight excluding hydrogens is 148 g/mol. The zero-order valence-corrected chi connectivity index (χ0v) is 8.59. The summed E-state index contributed by atoms with van der Waals surface area (Å²) in [5.74, 6) is 0. The predicted molar refractivity (Wildman–Crippen MR) is 53.1 cm³/mol. The fraction of sp³-hybridized carbons (Fsp3) is 1.00. The fourth-order valence-corrected chi connectivity index (χ4v) is 2.17. The minimum atomic E-state index is 0.313. The van der Waals surface area contributed by atoms with Gasteiger partial charge < -0.3 is 5.73 Å². The molecule has 2 heteroatoms. The lowest BCUT2D eigenvalue weighted by Crippen LogP contribution is -2.48. The van der Waals surface area contributed by atoms with Crippen molar-refractivity contribution in [3.63, 3.8) is 0 Å². The van der Waals surface area contributed by atoms with Gasteiger partial charge in [0, 0.05) is 24.7 Å². The molecule has 1 saturated heterocycles. The van der Waals surface area contributed by atoms with Crippen LogP contribution in [0.5, 0.6) is 0 Å². The van der Waals surface area contributed by atoms with Gasteiger partial charge in [-0.15, -0.1) is 0 Å². The predicted octanol–water partition coefficient (Wildman–Crippen LogP) is 1.60. The van der Waals surface area contributed by atoms with Crippen molar-refractivity contribution in [3.8, 4) is 0 Å². The van der Waals surface area contributed by atoms with Gasteiger partial charge >= 0.3 is 0 Å². The van der Waals surface area contributed by atoms with Crippen LogP contribution in [0.2, 0.25) is 0 Å². The van der Waals surface area contributed by atoms with Crippen LogP contribution in [0.1, 0.15) is 40.0 Å². The largest absolute Gasteiger partial charge is 0.327 e. The van der Waals surface area contributed by atoms with Crippen LogP contribution in [-0.2, 0) is 0 Å². The number of nitrogens with two attached hydrogens (primary N) is 1. The second kappa shape index (κ2) is 4.24. The first kappa shape index (κ1) is 10.0. The Balaban J connectivity index is 2.45. The molecule has 0 aromatic rings. The molecule has 0 spiro atoms. The Morgan fingerprint density at radius 1 is 1.33 bits per heavy atom. The van der Waals surface area contributed by atoms with E-state index in [0.29, 0.717) is 6.04 Å². The van der Waals surface area contributed by atoms with Crippen LogP contribution in [-0.4, -0.2) is 29.6 Å². The van der Waals surface area contributed by atoms with Crippen molar-refractivity contribution in [1.82, 2.24) is 4.90 Å². The van der Waals surface area contributed by atoms with Gasteiger partial charge in [0.2, 0.25) is 0 Å². The Bertz CT molecular complexity index is 124. The molecule has 0 aromatic carbocycles. The van der Waals surface area contributed by atoms with Crippen LogP contribution in [0.4, 0.5) is 0 Å². The second-order valence-corrected chi connectivity index (χ2v) is 4.30. The van der Waals surface area contributed by atoms with E-state index in [1.54, 1.807) is 0 Å². The molecular formula is C10H22N2. The Morgan fingerprint density at radius 2 is 1.83 bits per heavy atom. The Morgan fingerprint density at radius 3 is 2.25 bits per heavy atom. The highest BCUT2D eigenvalue weighted by Crippen LogP contribution is 2.21. The third-order valence-electron chi connectivity index (χ3n) is 2.87. The summed E-state index contributed by atoms with van der Waals surface area (Å²) < 4.78 is 0. The molecule has 0 saturated carbocycles. The highest BCUT2D eigenvalue weighted by Gasteiger charge is 2.24. The van der Waals surface area contributed by atoms with Gasteiger partial charge in [-0.05, 0) is 33.6 Å². The quantitative estimate of drug-likeness (QED) is 0.682.